The molecular formula is C14H18F3N3O4. The Morgan fingerprint density at radius 3 is 2.79 bits per heavy atom. The molecule has 134 valence electrons. The number of amides is 2. The van der Waals surface area contributed by atoms with Crippen molar-refractivity contribution in [2.45, 2.75) is 38.5 Å². The maximum absolute atomic E-state index is 12.5. The molecule has 1 aliphatic rings. The van der Waals surface area contributed by atoms with E-state index in [-0.39, 0.29) is 19.0 Å². The van der Waals surface area contributed by atoms with E-state index in [4.69, 9.17) is 4.52 Å². The number of carbonyl (C=O) groups is 2. The van der Waals surface area contributed by atoms with E-state index in [1.54, 1.807) is 13.0 Å². The first-order valence-electron chi connectivity index (χ1n) is 7.34. The van der Waals surface area contributed by atoms with Gasteiger partial charge >= 0.3 is 12.3 Å². The highest BCUT2D eigenvalue weighted by Gasteiger charge is 2.38. The first-order chi connectivity index (χ1) is 11.2. The summed E-state index contributed by atoms with van der Waals surface area (Å²) in [5, 5.41) is 3.78. The highest BCUT2D eigenvalue weighted by Crippen LogP contribution is 2.22. The molecule has 7 nitrogen and oxygen atoms in total. The van der Waals surface area contributed by atoms with Gasteiger partial charge in [0.1, 0.15) is 17.5 Å². The predicted molar refractivity (Wildman–Crippen MR) is 74.8 cm³/mol. The van der Waals surface area contributed by atoms with Crippen molar-refractivity contribution in [3.8, 4) is 0 Å². The molecule has 0 bridgehead atoms. The second kappa shape index (κ2) is 7.10. The van der Waals surface area contributed by atoms with E-state index in [0.717, 1.165) is 4.90 Å². The third-order valence-corrected chi connectivity index (χ3v) is 3.58. The minimum Gasteiger partial charge on any atom is -0.440 e. The van der Waals surface area contributed by atoms with Crippen molar-refractivity contribution in [2.24, 2.45) is 0 Å². The van der Waals surface area contributed by atoms with Crippen LogP contribution in [0.3, 0.4) is 0 Å². The third-order valence-electron chi connectivity index (χ3n) is 3.58. The molecule has 0 saturated carbocycles. The molecular weight excluding hydrogens is 331 g/mol. The number of halogens is 3. The number of carbonyl (C=O) groups excluding carboxylic acids is 2. The first-order valence-corrected chi connectivity index (χ1v) is 7.34. The number of ether oxygens (including phenoxy) is 1. The van der Waals surface area contributed by atoms with E-state index in [1.807, 2.05) is 0 Å². The van der Waals surface area contributed by atoms with E-state index in [0.29, 0.717) is 24.3 Å². The van der Waals surface area contributed by atoms with Crippen molar-refractivity contribution in [2.75, 3.05) is 20.2 Å². The van der Waals surface area contributed by atoms with E-state index in [9.17, 15) is 22.8 Å². The summed E-state index contributed by atoms with van der Waals surface area (Å²) in [5.74, 6) is 0.223. The van der Waals surface area contributed by atoms with Gasteiger partial charge in [-0.15, -0.1) is 0 Å². The SMILES string of the molecule is Cc1cc(CN(C)C(=O)C2CCCN2C(=O)OCC(F)(F)F)no1. The fraction of sp³-hybridized carbons (Fsp3) is 0.643. The maximum Gasteiger partial charge on any atom is 0.422 e. The standard InChI is InChI=1S/C14H18F3N3O4/c1-9-6-10(18-24-9)7-19(2)12(21)11-4-3-5-20(11)13(22)23-8-14(15,16)17/h6,11H,3-5,7-8H2,1-2H3. The normalized spacial score (nSPS) is 17.9. The highest BCUT2D eigenvalue weighted by molar-refractivity contribution is 5.86. The van der Waals surface area contributed by atoms with Gasteiger partial charge in [0.05, 0.1) is 6.54 Å². The first kappa shape index (κ1) is 18.1. The van der Waals surface area contributed by atoms with Crippen LogP contribution in [0.1, 0.15) is 24.3 Å². The van der Waals surface area contributed by atoms with Gasteiger partial charge < -0.3 is 14.2 Å². The van der Waals surface area contributed by atoms with Crippen LogP contribution in [0.5, 0.6) is 0 Å². The van der Waals surface area contributed by atoms with Gasteiger partial charge in [-0.25, -0.2) is 4.79 Å². The molecule has 0 radical (unpaired) electrons. The van der Waals surface area contributed by atoms with E-state index in [1.165, 1.54) is 11.9 Å². The van der Waals surface area contributed by atoms with Crippen LogP contribution in [0.2, 0.25) is 0 Å². The summed E-state index contributed by atoms with van der Waals surface area (Å²) < 4.78 is 45.6. The van der Waals surface area contributed by atoms with Gasteiger partial charge in [-0.3, -0.25) is 9.69 Å². The monoisotopic (exact) mass is 349 g/mol. The quantitative estimate of drug-likeness (QED) is 0.832. The summed E-state index contributed by atoms with van der Waals surface area (Å²) in [6.45, 7) is 0.410. The number of aryl methyl sites for hydroxylation is 1. The zero-order valence-corrected chi connectivity index (χ0v) is 13.3. The van der Waals surface area contributed by atoms with Crippen LogP contribution in [-0.2, 0) is 16.1 Å². The van der Waals surface area contributed by atoms with E-state index in [2.05, 4.69) is 9.89 Å². The van der Waals surface area contributed by atoms with Crippen molar-refractivity contribution in [1.29, 1.82) is 0 Å². The molecule has 0 aromatic carbocycles. The molecule has 1 saturated heterocycles. The Morgan fingerprint density at radius 2 is 2.21 bits per heavy atom. The average molecular weight is 349 g/mol. The van der Waals surface area contributed by atoms with Crippen molar-refractivity contribution < 1.29 is 32.0 Å². The summed E-state index contributed by atoms with van der Waals surface area (Å²) in [6, 6.07) is 0.845. The number of hydrogen-bond acceptors (Lipinski definition) is 5. The van der Waals surface area contributed by atoms with Gasteiger partial charge in [0, 0.05) is 19.7 Å². The van der Waals surface area contributed by atoms with Crippen molar-refractivity contribution in [3.63, 3.8) is 0 Å². The van der Waals surface area contributed by atoms with Crippen LogP contribution in [0.15, 0.2) is 10.6 Å². The van der Waals surface area contributed by atoms with Crippen LogP contribution in [0.4, 0.5) is 18.0 Å². The molecule has 24 heavy (non-hydrogen) atoms. The molecule has 0 spiro atoms. The largest absolute Gasteiger partial charge is 0.440 e. The zero-order chi connectivity index (χ0) is 17.9. The van der Waals surface area contributed by atoms with Crippen molar-refractivity contribution >= 4 is 12.0 Å². The number of rotatable bonds is 4. The van der Waals surface area contributed by atoms with Crippen LogP contribution in [0, 0.1) is 6.92 Å². The van der Waals surface area contributed by atoms with Gasteiger partial charge in [-0.05, 0) is 19.8 Å². The second-order valence-electron chi connectivity index (χ2n) is 5.64. The van der Waals surface area contributed by atoms with Gasteiger partial charge in [0.25, 0.3) is 0 Å². The number of nitrogens with zero attached hydrogens (tertiary/aromatic N) is 3. The number of alkyl halides is 3. The molecule has 1 aromatic heterocycles. The van der Waals surface area contributed by atoms with Crippen LogP contribution in [0.25, 0.3) is 0 Å². The van der Waals surface area contributed by atoms with Crippen molar-refractivity contribution in [1.82, 2.24) is 15.0 Å². The van der Waals surface area contributed by atoms with Crippen LogP contribution >= 0.6 is 0 Å². The maximum atomic E-state index is 12.5. The Hall–Kier alpha value is -2.26. The molecule has 10 heteroatoms. The second-order valence-corrected chi connectivity index (χ2v) is 5.64. The Bertz CT molecular complexity index is 602. The van der Waals surface area contributed by atoms with Crippen molar-refractivity contribution in [3.05, 3.63) is 17.5 Å². The zero-order valence-electron chi connectivity index (χ0n) is 13.3. The predicted octanol–water partition coefficient (Wildman–Crippen LogP) is 2.10. The molecule has 1 aromatic rings. The van der Waals surface area contributed by atoms with Gasteiger partial charge in [0.15, 0.2) is 6.61 Å². The molecule has 0 aliphatic carbocycles. The fourth-order valence-electron chi connectivity index (χ4n) is 2.54. The molecule has 1 unspecified atom stereocenters. The summed E-state index contributed by atoms with van der Waals surface area (Å²) in [6.07, 6.45) is -4.83. The summed E-state index contributed by atoms with van der Waals surface area (Å²) in [4.78, 5) is 26.7. The van der Waals surface area contributed by atoms with E-state index < -0.39 is 24.9 Å². The van der Waals surface area contributed by atoms with Gasteiger partial charge in [-0.2, -0.15) is 13.2 Å². The fourth-order valence-corrected chi connectivity index (χ4v) is 2.54. The Labute approximate surface area is 136 Å². The number of hydrogen-bond donors (Lipinski definition) is 0. The number of likely N-dealkylation sites (tertiary alicyclic amines) is 1. The van der Waals surface area contributed by atoms with Crippen LogP contribution < -0.4 is 0 Å². The molecule has 0 N–H and O–H groups in total. The van der Waals surface area contributed by atoms with E-state index >= 15 is 0 Å². The summed E-state index contributed by atoms with van der Waals surface area (Å²) >= 11 is 0. The Morgan fingerprint density at radius 1 is 1.50 bits per heavy atom. The lowest BCUT2D eigenvalue weighted by Crippen LogP contribution is -2.47. The lowest BCUT2D eigenvalue weighted by atomic mass is 10.2. The lowest BCUT2D eigenvalue weighted by Gasteiger charge is -2.27. The summed E-state index contributed by atoms with van der Waals surface area (Å²) in [7, 11) is 1.53. The minimum atomic E-state index is -4.60. The highest BCUT2D eigenvalue weighted by atomic mass is 19.4. The molecule has 2 rings (SSSR count). The van der Waals surface area contributed by atoms with Gasteiger partial charge in [-0.1, -0.05) is 5.16 Å². The lowest BCUT2D eigenvalue weighted by molar-refractivity contribution is -0.163. The van der Waals surface area contributed by atoms with Crippen LogP contribution in [-0.4, -0.2) is 59.4 Å². The Balaban J connectivity index is 1.95. The molecule has 2 heterocycles. The molecule has 2 amide bonds. The van der Waals surface area contributed by atoms with Gasteiger partial charge in [0.2, 0.25) is 5.91 Å². The average Bonchev–Trinajstić information content (AvgIpc) is 3.12. The molecule has 1 atom stereocenters. The topological polar surface area (TPSA) is 75.9 Å². The minimum absolute atomic E-state index is 0.179. The summed E-state index contributed by atoms with van der Waals surface area (Å²) in [5.41, 5.74) is 0.549. The third kappa shape index (κ3) is 4.62. The smallest absolute Gasteiger partial charge is 0.422 e. The molecule has 1 fully saturated rings. The molecule has 1 aliphatic heterocycles. The number of aromatic nitrogens is 1. The number of likely N-dealkylation sites (N-methyl/N-ethyl adjacent to an activating group) is 1. The Kier molecular flexibility index (Phi) is 5.35.